The van der Waals surface area contributed by atoms with E-state index in [1.54, 1.807) is 6.92 Å². The molecule has 4 atom stereocenters. The van der Waals surface area contributed by atoms with Gasteiger partial charge >= 0.3 is 0 Å². The van der Waals surface area contributed by atoms with Gasteiger partial charge in [0, 0.05) is 6.42 Å². The van der Waals surface area contributed by atoms with E-state index in [1.807, 2.05) is 0 Å². The number of Topliss-reactive ketones (excluding diaryl/α,β-unsaturated/α-hetero) is 8. The summed E-state index contributed by atoms with van der Waals surface area (Å²) in [4.78, 5) is 99.3. The fourth-order valence-corrected chi connectivity index (χ4v) is 4.11. The second-order valence-corrected chi connectivity index (χ2v) is 8.30. The Morgan fingerprint density at radius 3 is 1.93 bits per heavy atom. The molecular formula is C21H24O8. The molecule has 156 valence electrons. The first kappa shape index (κ1) is 22.6. The third-order valence-corrected chi connectivity index (χ3v) is 5.82. The molecule has 0 aliphatic heterocycles. The lowest BCUT2D eigenvalue weighted by Crippen LogP contribution is -2.56. The summed E-state index contributed by atoms with van der Waals surface area (Å²) in [5, 5.41) is 0. The molecule has 2 rings (SSSR count). The van der Waals surface area contributed by atoms with Gasteiger partial charge in [0.15, 0.2) is 40.5 Å². The Bertz CT molecular complexity index is 847. The second kappa shape index (κ2) is 8.00. The summed E-state index contributed by atoms with van der Waals surface area (Å²) < 4.78 is 0. The molecule has 0 spiro atoms. The van der Waals surface area contributed by atoms with Crippen molar-refractivity contribution in [3.05, 3.63) is 0 Å². The van der Waals surface area contributed by atoms with Gasteiger partial charge in [-0.05, 0) is 33.6 Å². The summed E-state index contributed by atoms with van der Waals surface area (Å²) in [7, 11) is 0. The Hall–Kier alpha value is -2.64. The molecule has 0 radical (unpaired) electrons. The number of ketones is 8. The average molecular weight is 404 g/mol. The van der Waals surface area contributed by atoms with Crippen LogP contribution in [-0.2, 0) is 38.4 Å². The van der Waals surface area contributed by atoms with Crippen molar-refractivity contribution in [3.63, 3.8) is 0 Å². The van der Waals surface area contributed by atoms with Crippen LogP contribution in [-0.4, -0.2) is 46.3 Å². The van der Waals surface area contributed by atoms with Crippen molar-refractivity contribution in [1.82, 2.24) is 0 Å². The highest BCUT2D eigenvalue weighted by Gasteiger charge is 2.57. The summed E-state index contributed by atoms with van der Waals surface area (Å²) in [6.07, 6.45) is -0.730. The Labute approximate surface area is 167 Å². The minimum atomic E-state index is -1.62. The molecule has 0 N–H and O–H groups in total. The normalized spacial score (nSPS) is 29.9. The number of carbonyl (C=O) groups excluding carboxylic acids is 8. The van der Waals surface area contributed by atoms with Gasteiger partial charge in [-0.15, -0.1) is 0 Å². The maximum absolute atomic E-state index is 12.8. The van der Waals surface area contributed by atoms with Crippen LogP contribution < -0.4 is 0 Å². The van der Waals surface area contributed by atoms with Crippen LogP contribution in [0.5, 0.6) is 0 Å². The monoisotopic (exact) mass is 404 g/mol. The number of hydrogen-bond donors (Lipinski definition) is 0. The van der Waals surface area contributed by atoms with Crippen LogP contribution in [0.1, 0.15) is 53.4 Å². The molecule has 2 saturated carbocycles. The van der Waals surface area contributed by atoms with E-state index in [2.05, 4.69) is 0 Å². The van der Waals surface area contributed by atoms with Crippen molar-refractivity contribution >= 4 is 46.3 Å². The van der Waals surface area contributed by atoms with Gasteiger partial charge in [-0.1, -0.05) is 6.92 Å². The third kappa shape index (κ3) is 3.80. The van der Waals surface area contributed by atoms with E-state index in [0.29, 0.717) is 6.42 Å². The van der Waals surface area contributed by atoms with Gasteiger partial charge in [0.05, 0.1) is 23.7 Å². The lowest BCUT2D eigenvalue weighted by atomic mass is 9.61. The first-order valence-corrected chi connectivity index (χ1v) is 9.60. The van der Waals surface area contributed by atoms with Gasteiger partial charge < -0.3 is 0 Å². The van der Waals surface area contributed by atoms with Crippen molar-refractivity contribution in [2.45, 2.75) is 53.4 Å². The number of carbonyl (C=O) groups is 8. The molecule has 2 aliphatic carbocycles. The molecule has 0 heterocycles. The Kier molecular flexibility index (Phi) is 6.25. The fourth-order valence-electron chi connectivity index (χ4n) is 4.11. The molecule has 0 amide bonds. The van der Waals surface area contributed by atoms with Crippen LogP contribution in [0.2, 0.25) is 0 Å². The van der Waals surface area contributed by atoms with Crippen LogP contribution in [0.3, 0.4) is 0 Å². The molecule has 2 aliphatic rings. The Morgan fingerprint density at radius 2 is 1.41 bits per heavy atom. The highest BCUT2D eigenvalue weighted by molar-refractivity contribution is 6.34. The quantitative estimate of drug-likeness (QED) is 0.589. The largest absolute Gasteiger partial charge is 0.299 e. The van der Waals surface area contributed by atoms with Gasteiger partial charge in [0.25, 0.3) is 0 Å². The van der Waals surface area contributed by atoms with Crippen molar-refractivity contribution in [2.75, 3.05) is 0 Å². The van der Waals surface area contributed by atoms with Crippen LogP contribution in [0.4, 0.5) is 0 Å². The molecule has 0 saturated heterocycles. The zero-order chi connectivity index (χ0) is 22.3. The molecule has 29 heavy (non-hydrogen) atoms. The topological polar surface area (TPSA) is 137 Å². The predicted octanol–water partition coefficient (Wildman–Crippen LogP) is 0.658. The third-order valence-electron chi connectivity index (χ3n) is 5.82. The van der Waals surface area contributed by atoms with Crippen molar-refractivity contribution in [2.24, 2.45) is 29.1 Å². The van der Waals surface area contributed by atoms with Gasteiger partial charge in [0.2, 0.25) is 0 Å². The summed E-state index contributed by atoms with van der Waals surface area (Å²) in [6, 6.07) is 0. The summed E-state index contributed by atoms with van der Waals surface area (Å²) in [6.45, 7) is 5.38. The van der Waals surface area contributed by atoms with E-state index in [1.165, 1.54) is 13.8 Å². The minimum Gasteiger partial charge on any atom is -0.299 e. The van der Waals surface area contributed by atoms with Gasteiger partial charge in [-0.2, -0.15) is 0 Å². The summed E-state index contributed by atoms with van der Waals surface area (Å²) in [5.74, 6) is -12.4. The van der Waals surface area contributed by atoms with Crippen molar-refractivity contribution in [1.29, 1.82) is 0 Å². The first-order valence-electron chi connectivity index (χ1n) is 9.60. The van der Waals surface area contributed by atoms with Crippen LogP contribution >= 0.6 is 0 Å². The fraction of sp³-hybridized carbons (Fsp3) is 0.619. The molecule has 4 unspecified atom stereocenters. The highest BCUT2D eigenvalue weighted by Crippen LogP contribution is 2.38. The molecule has 2 fully saturated rings. The van der Waals surface area contributed by atoms with Crippen LogP contribution in [0.25, 0.3) is 0 Å². The predicted molar refractivity (Wildman–Crippen MR) is 97.6 cm³/mol. The van der Waals surface area contributed by atoms with Crippen LogP contribution in [0.15, 0.2) is 0 Å². The van der Waals surface area contributed by atoms with E-state index in [9.17, 15) is 38.4 Å². The zero-order valence-electron chi connectivity index (χ0n) is 16.9. The van der Waals surface area contributed by atoms with E-state index >= 15 is 0 Å². The van der Waals surface area contributed by atoms with Crippen molar-refractivity contribution in [3.8, 4) is 0 Å². The minimum absolute atomic E-state index is 0.00170. The number of hydrogen-bond acceptors (Lipinski definition) is 8. The lowest BCUT2D eigenvalue weighted by molar-refractivity contribution is -0.157. The molecular weight excluding hydrogens is 380 g/mol. The van der Waals surface area contributed by atoms with Crippen molar-refractivity contribution < 1.29 is 38.4 Å². The standard InChI is InChI=1S/C21H24O8/c1-5-6-12(23)16-14(25)8-13(24)10(17(16)26)7-11-18(27)15(9(2)22)20(29)21(3,4)19(11)28/h10-11,15-16H,5-8H2,1-4H3. The smallest absolute Gasteiger partial charge is 0.163 e. The maximum atomic E-state index is 12.8. The van der Waals surface area contributed by atoms with Gasteiger partial charge in [-0.25, -0.2) is 0 Å². The SMILES string of the molecule is CCCC(=O)C1C(=O)CC(=O)C(CC2C(=O)C(C(C)=O)C(=O)C(C)(C)C2=O)C1=O. The Balaban J connectivity index is 2.39. The summed E-state index contributed by atoms with van der Waals surface area (Å²) >= 11 is 0. The van der Waals surface area contributed by atoms with E-state index < -0.39 is 88.2 Å². The zero-order valence-corrected chi connectivity index (χ0v) is 16.9. The Morgan fingerprint density at radius 1 is 0.862 bits per heavy atom. The molecule has 8 heteroatoms. The molecule has 0 aromatic heterocycles. The highest BCUT2D eigenvalue weighted by atomic mass is 16.2. The molecule has 0 aromatic carbocycles. The lowest BCUT2D eigenvalue weighted by Gasteiger charge is -2.37. The molecule has 0 aromatic rings. The molecule has 8 nitrogen and oxygen atoms in total. The molecule has 0 bridgehead atoms. The van der Waals surface area contributed by atoms with Gasteiger partial charge in [0.1, 0.15) is 17.6 Å². The van der Waals surface area contributed by atoms with E-state index in [4.69, 9.17) is 0 Å². The van der Waals surface area contributed by atoms with Crippen LogP contribution in [0, 0.1) is 29.1 Å². The second-order valence-electron chi connectivity index (χ2n) is 8.30. The average Bonchev–Trinajstić information content (AvgIpc) is 2.59. The van der Waals surface area contributed by atoms with Gasteiger partial charge in [-0.3, -0.25) is 38.4 Å². The first-order chi connectivity index (χ1) is 13.4. The summed E-state index contributed by atoms with van der Waals surface area (Å²) in [5.41, 5.74) is -1.62. The van der Waals surface area contributed by atoms with E-state index in [-0.39, 0.29) is 6.42 Å². The number of rotatable bonds is 6. The maximum Gasteiger partial charge on any atom is 0.163 e. The van der Waals surface area contributed by atoms with E-state index in [0.717, 1.165) is 6.92 Å².